The Kier molecular flexibility index (Phi) is 5.50. The Morgan fingerprint density at radius 1 is 1.50 bits per heavy atom. The van der Waals surface area contributed by atoms with E-state index in [1.54, 1.807) is 6.08 Å². The average Bonchev–Trinajstić information content (AvgIpc) is 2.31. The first kappa shape index (κ1) is 13.7. The SMILES string of the molecule is C=CC(N)C1(O)CCCCC1CCCCC. The van der Waals surface area contributed by atoms with Gasteiger partial charge in [0, 0.05) is 0 Å². The summed E-state index contributed by atoms with van der Waals surface area (Å²) in [7, 11) is 0. The van der Waals surface area contributed by atoms with Crippen LogP contribution in [0.4, 0.5) is 0 Å². The van der Waals surface area contributed by atoms with Gasteiger partial charge in [-0.3, -0.25) is 0 Å². The fourth-order valence-electron chi connectivity index (χ4n) is 2.93. The Hall–Kier alpha value is -0.340. The molecular formula is C14H27NO. The van der Waals surface area contributed by atoms with E-state index in [-0.39, 0.29) is 6.04 Å². The molecule has 3 N–H and O–H groups in total. The second-order valence-corrected chi connectivity index (χ2v) is 5.19. The van der Waals surface area contributed by atoms with Gasteiger partial charge >= 0.3 is 0 Å². The Bertz CT molecular complexity index is 217. The van der Waals surface area contributed by atoms with Gasteiger partial charge in [0.15, 0.2) is 0 Å². The molecule has 16 heavy (non-hydrogen) atoms. The molecule has 0 amide bonds. The summed E-state index contributed by atoms with van der Waals surface area (Å²) in [5.41, 5.74) is 5.32. The van der Waals surface area contributed by atoms with E-state index in [9.17, 15) is 5.11 Å². The quantitative estimate of drug-likeness (QED) is 0.539. The highest BCUT2D eigenvalue weighted by atomic mass is 16.3. The Morgan fingerprint density at radius 3 is 2.88 bits per heavy atom. The van der Waals surface area contributed by atoms with Crippen molar-refractivity contribution < 1.29 is 5.11 Å². The molecule has 0 bridgehead atoms. The maximum atomic E-state index is 10.7. The molecule has 94 valence electrons. The lowest BCUT2D eigenvalue weighted by Gasteiger charge is -2.43. The van der Waals surface area contributed by atoms with Gasteiger partial charge in [0.05, 0.1) is 11.6 Å². The van der Waals surface area contributed by atoms with Crippen LogP contribution in [0.2, 0.25) is 0 Å². The minimum atomic E-state index is -0.687. The van der Waals surface area contributed by atoms with Crippen LogP contribution in [0.3, 0.4) is 0 Å². The number of aliphatic hydroxyl groups is 1. The molecule has 3 unspecified atom stereocenters. The molecule has 0 aliphatic heterocycles. The zero-order chi connectivity index (χ0) is 12.0. The van der Waals surface area contributed by atoms with Gasteiger partial charge in [-0.25, -0.2) is 0 Å². The van der Waals surface area contributed by atoms with Crippen molar-refractivity contribution in [3.63, 3.8) is 0 Å². The average molecular weight is 225 g/mol. The van der Waals surface area contributed by atoms with Crippen molar-refractivity contribution in [3.8, 4) is 0 Å². The molecule has 0 spiro atoms. The molecule has 1 rings (SSSR count). The zero-order valence-corrected chi connectivity index (χ0v) is 10.6. The fraction of sp³-hybridized carbons (Fsp3) is 0.857. The maximum Gasteiger partial charge on any atom is 0.0861 e. The lowest BCUT2D eigenvalue weighted by molar-refractivity contribution is -0.0612. The van der Waals surface area contributed by atoms with Crippen molar-refractivity contribution in [1.29, 1.82) is 0 Å². The summed E-state index contributed by atoms with van der Waals surface area (Å²) < 4.78 is 0. The molecule has 1 saturated carbocycles. The third-order valence-corrected chi connectivity index (χ3v) is 4.07. The molecule has 0 heterocycles. The number of hydrogen-bond donors (Lipinski definition) is 2. The van der Waals surface area contributed by atoms with Crippen LogP contribution in [0.25, 0.3) is 0 Å². The van der Waals surface area contributed by atoms with Crippen molar-refractivity contribution >= 4 is 0 Å². The Labute approximate surface area is 99.9 Å². The normalized spacial score (nSPS) is 32.3. The maximum absolute atomic E-state index is 10.7. The molecular weight excluding hydrogens is 198 g/mol. The van der Waals surface area contributed by atoms with Crippen LogP contribution >= 0.6 is 0 Å². The Morgan fingerprint density at radius 2 is 2.25 bits per heavy atom. The van der Waals surface area contributed by atoms with E-state index in [1.807, 2.05) is 0 Å². The number of unbranched alkanes of at least 4 members (excludes halogenated alkanes) is 2. The van der Waals surface area contributed by atoms with E-state index >= 15 is 0 Å². The topological polar surface area (TPSA) is 46.2 Å². The zero-order valence-electron chi connectivity index (χ0n) is 10.6. The van der Waals surface area contributed by atoms with Gasteiger partial charge in [-0.15, -0.1) is 6.58 Å². The van der Waals surface area contributed by atoms with Crippen molar-refractivity contribution in [2.24, 2.45) is 11.7 Å². The summed E-state index contributed by atoms with van der Waals surface area (Å²) in [6, 6.07) is -0.264. The summed E-state index contributed by atoms with van der Waals surface area (Å²) in [4.78, 5) is 0. The third-order valence-electron chi connectivity index (χ3n) is 4.07. The van der Waals surface area contributed by atoms with E-state index in [4.69, 9.17) is 5.73 Å². The van der Waals surface area contributed by atoms with E-state index in [2.05, 4.69) is 13.5 Å². The lowest BCUT2D eigenvalue weighted by Crippen LogP contribution is -2.53. The van der Waals surface area contributed by atoms with Crippen molar-refractivity contribution in [1.82, 2.24) is 0 Å². The van der Waals surface area contributed by atoms with Crippen LogP contribution in [0, 0.1) is 5.92 Å². The van der Waals surface area contributed by atoms with Gasteiger partial charge in [-0.1, -0.05) is 45.1 Å². The van der Waals surface area contributed by atoms with E-state index < -0.39 is 5.60 Å². The number of nitrogens with two attached hydrogens (primary N) is 1. The lowest BCUT2D eigenvalue weighted by atomic mass is 9.69. The van der Waals surface area contributed by atoms with Crippen molar-refractivity contribution in [3.05, 3.63) is 12.7 Å². The monoisotopic (exact) mass is 225 g/mol. The highest BCUT2D eigenvalue weighted by Crippen LogP contribution is 2.39. The molecule has 0 aromatic carbocycles. The molecule has 0 aromatic heterocycles. The predicted molar refractivity (Wildman–Crippen MR) is 69.2 cm³/mol. The van der Waals surface area contributed by atoms with Gasteiger partial charge in [0.25, 0.3) is 0 Å². The molecule has 3 atom stereocenters. The van der Waals surface area contributed by atoms with Gasteiger partial charge in [-0.05, 0) is 25.2 Å². The molecule has 2 nitrogen and oxygen atoms in total. The molecule has 0 aromatic rings. The molecule has 1 fully saturated rings. The highest BCUT2D eigenvalue weighted by Gasteiger charge is 2.41. The summed E-state index contributed by atoms with van der Waals surface area (Å²) in [5, 5.41) is 10.7. The first-order valence-electron chi connectivity index (χ1n) is 6.75. The summed E-state index contributed by atoms with van der Waals surface area (Å²) in [6.45, 7) is 5.94. The summed E-state index contributed by atoms with van der Waals surface area (Å²) in [6.07, 6.45) is 10.8. The first-order chi connectivity index (χ1) is 7.65. The third kappa shape index (κ3) is 3.08. The number of rotatable bonds is 6. The van der Waals surface area contributed by atoms with Crippen molar-refractivity contribution in [2.75, 3.05) is 0 Å². The standard InChI is InChI=1S/C14H27NO/c1-3-5-6-9-12-10-7-8-11-14(12,16)13(15)4-2/h4,12-13,16H,2-3,5-11,15H2,1H3. The van der Waals surface area contributed by atoms with Crippen LogP contribution in [0.1, 0.15) is 58.3 Å². The molecule has 1 aliphatic rings. The molecule has 0 radical (unpaired) electrons. The van der Waals surface area contributed by atoms with Crippen LogP contribution in [-0.2, 0) is 0 Å². The van der Waals surface area contributed by atoms with Crippen LogP contribution in [0.15, 0.2) is 12.7 Å². The van der Waals surface area contributed by atoms with Gasteiger partial charge in [0.1, 0.15) is 0 Å². The van der Waals surface area contributed by atoms with Crippen LogP contribution in [-0.4, -0.2) is 16.7 Å². The predicted octanol–water partition coefficient (Wildman–Crippen LogP) is 3.00. The van der Waals surface area contributed by atoms with E-state index in [0.717, 1.165) is 25.7 Å². The summed E-state index contributed by atoms with van der Waals surface area (Å²) in [5.74, 6) is 0.376. The second-order valence-electron chi connectivity index (χ2n) is 5.19. The molecule has 0 saturated heterocycles. The highest BCUT2D eigenvalue weighted by molar-refractivity contribution is 5.04. The van der Waals surface area contributed by atoms with E-state index in [0.29, 0.717) is 5.92 Å². The fourth-order valence-corrected chi connectivity index (χ4v) is 2.93. The smallest absolute Gasteiger partial charge is 0.0861 e. The van der Waals surface area contributed by atoms with Gasteiger partial charge in [0.2, 0.25) is 0 Å². The van der Waals surface area contributed by atoms with Crippen LogP contribution < -0.4 is 5.73 Å². The minimum absolute atomic E-state index is 0.264. The second kappa shape index (κ2) is 6.41. The van der Waals surface area contributed by atoms with Gasteiger partial charge < -0.3 is 10.8 Å². The first-order valence-corrected chi connectivity index (χ1v) is 6.75. The van der Waals surface area contributed by atoms with E-state index in [1.165, 1.54) is 25.7 Å². The summed E-state index contributed by atoms with van der Waals surface area (Å²) >= 11 is 0. The number of hydrogen-bond acceptors (Lipinski definition) is 2. The van der Waals surface area contributed by atoms with Crippen LogP contribution in [0.5, 0.6) is 0 Å². The minimum Gasteiger partial charge on any atom is -0.388 e. The van der Waals surface area contributed by atoms with Crippen molar-refractivity contribution in [2.45, 2.75) is 69.9 Å². The molecule has 1 aliphatic carbocycles. The Balaban J connectivity index is 2.58. The largest absolute Gasteiger partial charge is 0.388 e. The van der Waals surface area contributed by atoms with Gasteiger partial charge in [-0.2, -0.15) is 0 Å². The molecule has 2 heteroatoms.